The van der Waals surface area contributed by atoms with Gasteiger partial charge in [-0.25, -0.2) is 9.59 Å². The lowest BCUT2D eigenvalue weighted by atomic mass is 9.84. The lowest BCUT2D eigenvalue weighted by Crippen LogP contribution is -2.46. The van der Waals surface area contributed by atoms with Crippen LogP contribution in [0.25, 0.3) is 0 Å². The molecule has 0 amide bonds. The van der Waals surface area contributed by atoms with Gasteiger partial charge in [-0.15, -0.1) is 0 Å². The van der Waals surface area contributed by atoms with Crippen LogP contribution in [0.15, 0.2) is 12.2 Å². The maximum atomic E-state index is 11.7. The molecule has 174 valence electrons. The predicted molar refractivity (Wildman–Crippen MR) is 108 cm³/mol. The van der Waals surface area contributed by atoms with E-state index in [-0.39, 0.29) is 25.2 Å². The Labute approximate surface area is 178 Å². The molecule has 1 aliphatic heterocycles. The molecule has 0 aromatic heterocycles. The molecule has 0 aromatic rings. The summed E-state index contributed by atoms with van der Waals surface area (Å²) >= 11 is 0. The van der Waals surface area contributed by atoms with E-state index in [4.69, 9.17) is 32.2 Å². The van der Waals surface area contributed by atoms with Crippen molar-refractivity contribution in [2.45, 2.75) is 31.9 Å². The molecule has 1 N–H and O–H groups in total. The zero-order valence-corrected chi connectivity index (χ0v) is 19.2. The molecule has 1 unspecified atom stereocenters. The monoisotopic (exact) mass is 450 g/mol. The van der Waals surface area contributed by atoms with E-state index in [0.29, 0.717) is 32.3 Å². The van der Waals surface area contributed by atoms with Gasteiger partial charge < -0.3 is 37.3 Å². The van der Waals surface area contributed by atoms with Gasteiger partial charge >= 0.3 is 20.7 Å². The minimum absolute atomic E-state index is 0.00170. The molecule has 0 aromatic carbocycles. The summed E-state index contributed by atoms with van der Waals surface area (Å²) in [7, 11) is 1.99. The number of carbonyl (C=O) groups excluding carboxylic acids is 2. The van der Waals surface area contributed by atoms with E-state index >= 15 is 0 Å². The maximum absolute atomic E-state index is 11.7. The van der Waals surface area contributed by atoms with Crippen molar-refractivity contribution < 1.29 is 46.9 Å². The Morgan fingerprint density at radius 1 is 1.07 bits per heavy atom. The number of carbonyl (C=O) groups is 2. The van der Waals surface area contributed by atoms with Gasteiger partial charge in [0.1, 0.15) is 19.3 Å². The molecule has 0 saturated carbocycles. The summed E-state index contributed by atoms with van der Waals surface area (Å²) in [6.07, 6.45) is 2.47. The summed E-state index contributed by atoms with van der Waals surface area (Å²) < 4.78 is 36.4. The van der Waals surface area contributed by atoms with Crippen LogP contribution in [0.3, 0.4) is 0 Å². The van der Waals surface area contributed by atoms with Crippen LogP contribution in [-0.2, 0) is 41.8 Å². The van der Waals surface area contributed by atoms with E-state index in [2.05, 4.69) is 0 Å². The maximum Gasteiger partial charge on any atom is 0.500 e. The van der Waals surface area contributed by atoms with Crippen LogP contribution in [0.4, 0.5) is 0 Å². The first-order chi connectivity index (χ1) is 14.3. The Hall–Kier alpha value is -1.34. The molecule has 0 spiro atoms. The highest BCUT2D eigenvalue weighted by Crippen LogP contribution is 2.31. The third-order valence-electron chi connectivity index (χ3n) is 4.88. The van der Waals surface area contributed by atoms with Crippen LogP contribution in [0.5, 0.6) is 0 Å². The fraction of sp³-hybridized carbons (Fsp3) is 0.789. The Kier molecular flexibility index (Phi) is 12.3. The van der Waals surface area contributed by atoms with E-state index in [1.165, 1.54) is 21.3 Å². The molecule has 1 saturated heterocycles. The molecular formula is C19H34O10Si. The summed E-state index contributed by atoms with van der Waals surface area (Å²) in [4.78, 5) is 23.3. The van der Waals surface area contributed by atoms with Crippen molar-refractivity contribution in [2.24, 2.45) is 5.41 Å². The molecule has 1 fully saturated rings. The van der Waals surface area contributed by atoms with Gasteiger partial charge in [-0.05, 0) is 12.8 Å². The van der Waals surface area contributed by atoms with Gasteiger partial charge in [-0.3, -0.25) is 0 Å². The average Bonchev–Trinajstić information content (AvgIpc) is 2.73. The molecule has 30 heavy (non-hydrogen) atoms. The summed E-state index contributed by atoms with van der Waals surface area (Å²) in [5.74, 6) is -1.38. The van der Waals surface area contributed by atoms with Gasteiger partial charge in [0.2, 0.25) is 0 Å². The number of aliphatic hydroxyl groups is 1. The largest absolute Gasteiger partial charge is 0.500 e. The van der Waals surface area contributed by atoms with E-state index in [9.17, 15) is 14.7 Å². The first-order valence-electron chi connectivity index (χ1n) is 9.85. The van der Waals surface area contributed by atoms with E-state index < -0.39 is 26.8 Å². The second kappa shape index (κ2) is 13.9. The van der Waals surface area contributed by atoms with Gasteiger partial charge in [0.15, 0.2) is 0 Å². The van der Waals surface area contributed by atoms with Crippen LogP contribution in [0.1, 0.15) is 19.8 Å². The highest BCUT2D eigenvalue weighted by molar-refractivity contribution is 6.60. The fourth-order valence-corrected chi connectivity index (χ4v) is 4.32. The van der Waals surface area contributed by atoms with Crippen LogP contribution < -0.4 is 0 Å². The van der Waals surface area contributed by atoms with Crippen molar-refractivity contribution in [2.75, 3.05) is 61.0 Å². The number of esters is 2. The third kappa shape index (κ3) is 9.21. The SMILES string of the molecule is CCC1(COC(=O)/C=C/C(=O)OCC(O)COCCC[Si](OC)(OC)OC)COC1. The molecule has 1 aliphatic rings. The van der Waals surface area contributed by atoms with Gasteiger partial charge in [0.25, 0.3) is 0 Å². The molecular weight excluding hydrogens is 416 g/mol. The standard InChI is InChI=1S/C19H34O10Si/c1-5-19(13-27-14-19)15-29-18(22)8-7-17(21)28-12-16(20)11-26-9-6-10-30(23-2,24-3)25-4/h7-8,16,20H,5-6,9-15H2,1-4H3/b8-7+. The van der Waals surface area contributed by atoms with Crippen molar-refractivity contribution in [3.8, 4) is 0 Å². The third-order valence-corrected chi connectivity index (χ3v) is 7.71. The van der Waals surface area contributed by atoms with Gasteiger partial charge in [0.05, 0.1) is 25.2 Å². The van der Waals surface area contributed by atoms with E-state index in [0.717, 1.165) is 18.6 Å². The zero-order chi connectivity index (χ0) is 22.5. The summed E-state index contributed by atoms with van der Waals surface area (Å²) in [6, 6.07) is 0.578. The lowest BCUT2D eigenvalue weighted by molar-refractivity contribution is -0.166. The molecule has 1 rings (SSSR count). The minimum atomic E-state index is -2.62. The Morgan fingerprint density at radius 3 is 2.17 bits per heavy atom. The smallest absolute Gasteiger partial charge is 0.462 e. The topological polar surface area (TPSA) is 119 Å². The molecule has 10 nitrogen and oxygen atoms in total. The summed E-state index contributed by atoms with van der Waals surface area (Å²) in [6.45, 7) is 3.51. The number of hydrogen-bond donors (Lipinski definition) is 1. The predicted octanol–water partition coefficient (Wildman–Crippen LogP) is 0.701. The Morgan fingerprint density at radius 2 is 1.67 bits per heavy atom. The normalized spacial score (nSPS) is 16.8. The number of ether oxygens (including phenoxy) is 4. The minimum Gasteiger partial charge on any atom is -0.462 e. The highest BCUT2D eigenvalue weighted by Gasteiger charge is 2.38. The van der Waals surface area contributed by atoms with E-state index in [1.54, 1.807) is 0 Å². The first-order valence-corrected chi connectivity index (χ1v) is 11.8. The molecule has 0 aliphatic carbocycles. The van der Waals surface area contributed by atoms with Crippen molar-refractivity contribution >= 4 is 20.7 Å². The number of rotatable bonds is 16. The second-order valence-corrected chi connectivity index (χ2v) is 10.1. The number of hydrogen-bond acceptors (Lipinski definition) is 10. The van der Waals surface area contributed by atoms with Crippen LogP contribution in [0, 0.1) is 5.41 Å². The van der Waals surface area contributed by atoms with Crippen LogP contribution in [0.2, 0.25) is 6.04 Å². The van der Waals surface area contributed by atoms with Crippen molar-refractivity contribution in [1.82, 2.24) is 0 Å². The quantitative estimate of drug-likeness (QED) is 0.156. The zero-order valence-electron chi connectivity index (χ0n) is 18.2. The first kappa shape index (κ1) is 26.7. The lowest BCUT2D eigenvalue weighted by Gasteiger charge is -2.39. The molecule has 1 atom stereocenters. The second-order valence-electron chi connectivity index (χ2n) is 7.05. The van der Waals surface area contributed by atoms with Gasteiger partial charge in [0, 0.05) is 46.1 Å². The number of aliphatic hydroxyl groups excluding tert-OH is 1. The van der Waals surface area contributed by atoms with Gasteiger partial charge in [-0.2, -0.15) is 0 Å². The highest BCUT2D eigenvalue weighted by atomic mass is 28.4. The van der Waals surface area contributed by atoms with E-state index in [1.807, 2.05) is 6.92 Å². The van der Waals surface area contributed by atoms with Crippen LogP contribution in [-0.4, -0.2) is 92.9 Å². The summed E-state index contributed by atoms with van der Waals surface area (Å²) in [5.41, 5.74) is -0.117. The Balaban J connectivity index is 2.14. The Bertz CT molecular complexity index is 532. The molecule has 1 heterocycles. The molecule has 0 bridgehead atoms. The van der Waals surface area contributed by atoms with Crippen molar-refractivity contribution in [1.29, 1.82) is 0 Å². The van der Waals surface area contributed by atoms with Gasteiger partial charge in [-0.1, -0.05) is 6.92 Å². The van der Waals surface area contributed by atoms with Crippen LogP contribution >= 0.6 is 0 Å². The van der Waals surface area contributed by atoms with Crippen molar-refractivity contribution in [3.63, 3.8) is 0 Å². The fourth-order valence-electron chi connectivity index (χ4n) is 2.63. The molecule has 11 heteroatoms. The van der Waals surface area contributed by atoms with Crippen molar-refractivity contribution in [3.05, 3.63) is 12.2 Å². The molecule has 0 radical (unpaired) electrons. The summed E-state index contributed by atoms with van der Waals surface area (Å²) in [5, 5.41) is 9.81. The average molecular weight is 451 g/mol.